The predicted octanol–water partition coefficient (Wildman–Crippen LogP) is 1.93. The van der Waals surface area contributed by atoms with E-state index in [0.717, 1.165) is 5.75 Å². The highest BCUT2D eigenvalue weighted by atomic mass is 16.6. The number of carbonyl (C=O) groups excluding carboxylic acids is 1. The molecule has 5 nitrogen and oxygen atoms in total. The van der Waals surface area contributed by atoms with Gasteiger partial charge in [-0.15, -0.1) is 0 Å². The van der Waals surface area contributed by atoms with Gasteiger partial charge in [-0.2, -0.15) is 5.26 Å². The van der Waals surface area contributed by atoms with E-state index < -0.39 is 12.2 Å². The van der Waals surface area contributed by atoms with E-state index in [1.165, 1.54) is 4.90 Å². The van der Waals surface area contributed by atoms with Gasteiger partial charge in [0.15, 0.2) is 0 Å². The Balaban J connectivity index is 2.13. The van der Waals surface area contributed by atoms with Crippen molar-refractivity contribution in [2.75, 3.05) is 18.1 Å². The molecule has 2 rings (SSSR count). The molecule has 88 valence electrons. The van der Waals surface area contributed by atoms with Gasteiger partial charge in [0, 0.05) is 5.69 Å². The molecule has 1 unspecified atom stereocenters. The van der Waals surface area contributed by atoms with Gasteiger partial charge >= 0.3 is 6.09 Å². The molecule has 0 N–H and O–H groups in total. The average molecular weight is 232 g/mol. The van der Waals surface area contributed by atoms with Crippen LogP contribution in [0.15, 0.2) is 24.3 Å². The second kappa shape index (κ2) is 4.74. The molecule has 1 aromatic carbocycles. The number of benzene rings is 1. The zero-order valence-electron chi connectivity index (χ0n) is 9.42. The number of nitriles is 1. The number of hydrogen-bond donors (Lipinski definition) is 0. The van der Waals surface area contributed by atoms with E-state index in [1.54, 1.807) is 24.3 Å². The molecule has 1 aliphatic rings. The Morgan fingerprint density at radius 3 is 2.76 bits per heavy atom. The molecule has 0 spiro atoms. The molecule has 1 aromatic rings. The highest BCUT2D eigenvalue weighted by Crippen LogP contribution is 2.23. The molecule has 0 radical (unpaired) electrons. The molecule has 0 bridgehead atoms. The number of carbonyl (C=O) groups is 1. The minimum Gasteiger partial charge on any atom is -0.494 e. The molecule has 1 fully saturated rings. The van der Waals surface area contributed by atoms with Crippen molar-refractivity contribution in [3.8, 4) is 11.8 Å². The van der Waals surface area contributed by atoms with Crippen molar-refractivity contribution < 1.29 is 14.3 Å². The fraction of sp³-hybridized carbons (Fsp3) is 0.333. The minimum absolute atomic E-state index is 0.267. The molecular formula is C12H12N2O3. The molecule has 1 heterocycles. The van der Waals surface area contributed by atoms with Gasteiger partial charge < -0.3 is 9.47 Å². The first-order valence-electron chi connectivity index (χ1n) is 5.35. The van der Waals surface area contributed by atoms with E-state index in [4.69, 9.17) is 14.7 Å². The summed E-state index contributed by atoms with van der Waals surface area (Å²) in [5.41, 5.74) is 0.705. The van der Waals surface area contributed by atoms with Crippen molar-refractivity contribution in [1.82, 2.24) is 0 Å². The minimum atomic E-state index is -0.686. The third-order valence-corrected chi connectivity index (χ3v) is 2.42. The summed E-state index contributed by atoms with van der Waals surface area (Å²) in [6, 6.07) is 9.02. The number of anilines is 1. The molecule has 1 atom stereocenters. The van der Waals surface area contributed by atoms with Crippen LogP contribution in [0.25, 0.3) is 0 Å². The van der Waals surface area contributed by atoms with Crippen LogP contribution in [0.1, 0.15) is 6.92 Å². The largest absolute Gasteiger partial charge is 0.494 e. The van der Waals surface area contributed by atoms with Gasteiger partial charge in [0.05, 0.1) is 13.2 Å². The van der Waals surface area contributed by atoms with Gasteiger partial charge in [0.2, 0.25) is 6.10 Å². The maximum atomic E-state index is 11.5. The quantitative estimate of drug-likeness (QED) is 0.798. The van der Waals surface area contributed by atoms with E-state index in [0.29, 0.717) is 12.3 Å². The number of ether oxygens (including phenoxy) is 2. The summed E-state index contributed by atoms with van der Waals surface area (Å²) in [6.07, 6.45) is -1.17. The monoisotopic (exact) mass is 232 g/mol. The number of hydrogen-bond acceptors (Lipinski definition) is 4. The van der Waals surface area contributed by atoms with E-state index in [-0.39, 0.29) is 6.54 Å². The van der Waals surface area contributed by atoms with E-state index in [9.17, 15) is 4.79 Å². The van der Waals surface area contributed by atoms with Crippen molar-refractivity contribution in [3.05, 3.63) is 24.3 Å². The Labute approximate surface area is 99.2 Å². The summed E-state index contributed by atoms with van der Waals surface area (Å²) < 4.78 is 10.2. The summed E-state index contributed by atoms with van der Waals surface area (Å²) in [7, 11) is 0. The average Bonchev–Trinajstić information content (AvgIpc) is 2.72. The molecule has 17 heavy (non-hydrogen) atoms. The first-order chi connectivity index (χ1) is 8.24. The lowest BCUT2D eigenvalue weighted by Gasteiger charge is -2.12. The smallest absolute Gasteiger partial charge is 0.415 e. The Morgan fingerprint density at radius 1 is 1.53 bits per heavy atom. The van der Waals surface area contributed by atoms with Crippen LogP contribution in [0.4, 0.5) is 10.5 Å². The Hall–Kier alpha value is -2.22. The SMILES string of the molecule is CCOc1ccc(N2CC(C#N)OC2=O)cc1. The summed E-state index contributed by atoms with van der Waals surface area (Å²) in [5.74, 6) is 0.751. The molecule has 0 saturated carbocycles. The summed E-state index contributed by atoms with van der Waals surface area (Å²) >= 11 is 0. The van der Waals surface area contributed by atoms with Crippen molar-refractivity contribution in [1.29, 1.82) is 5.26 Å². The maximum Gasteiger partial charge on any atom is 0.415 e. The van der Waals surface area contributed by atoms with E-state index in [2.05, 4.69) is 0 Å². The highest BCUT2D eigenvalue weighted by Gasteiger charge is 2.32. The van der Waals surface area contributed by atoms with Crippen LogP contribution in [0, 0.1) is 11.3 Å². The number of nitrogens with zero attached hydrogens (tertiary/aromatic N) is 2. The van der Waals surface area contributed by atoms with E-state index >= 15 is 0 Å². The molecule has 0 aliphatic carbocycles. The van der Waals surface area contributed by atoms with Crippen molar-refractivity contribution in [2.24, 2.45) is 0 Å². The lowest BCUT2D eigenvalue weighted by Crippen LogP contribution is -2.24. The Bertz CT molecular complexity index is 450. The van der Waals surface area contributed by atoms with E-state index in [1.807, 2.05) is 13.0 Å². The molecule has 1 aliphatic heterocycles. The first-order valence-corrected chi connectivity index (χ1v) is 5.35. The maximum absolute atomic E-state index is 11.5. The van der Waals surface area contributed by atoms with Crippen LogP contribution in [-0.4, -0.2) is 25.3 Å². The normalized spacial score (nSPS) is 18.7. The van der Waals surface area contributed by atoms with Gasteiger partial charge in [0.25, 0.3) is 0 Å². The van der Waals surface area contributed by atoms with Crippen molar-refractivity contribution in [3.63, 3.8) is 0 Å². The second-order valence-electron chi connectivity index (χ2n) is 3.54. The molecular weight excluding hydrogens is 220 g/mol. The van der Waals surface area contributed by atoms with Crippen LogP contribution >= 0.6 is 0 Å². The molecule has 0 aromatic heterocycles. The van der Waals surface area contributed by atoms with Crippen LogP contribution < -0.4 is 9.64 Å². The van der Waals surface area contributed by atoms with Crippen molar-refractivity contribution in [2.45, 2.75) is 13.0 Å². The topological polar surface area (TPSA) is 62.6 Å². The highest BCUT2D eigenvalue weighted by molar-refractivity contribution is 5.90. The lowest BCUT2D eigenvalue weighted by molar-refractivity contribution is 0.162. The van der Waals surface area contributed by atoms with Crippen LogP contribution in [-0.2, 0) is 4.74 Å². The van der Waals surface area contributed by atoms with Crippen LogP contribution in [0.3, 0.4) is 0 Å². The van der Waals surface area contributed by atoms with Gasteiger partial charge in [-0.1, -0.05) is 0 Å². The van der Waals surface area contributed by atoms with Crippen molar-refractivity contribution >= 4 is 11.8 Å². The van der Waals surface area contributed by atoms with Gasteiger partial charge in [0.1, 0.15) is 11.8 Å². The zero-order valence-corrected chi connectivity index (χ0v) is 9.42. The number of rotatable bonds is 3. The lowest BCUT2D eigenvalue weighted by atomic mass is 10.2. The fourth-order valence-electron chi connectivity index (χ4n) is 1.63. The van der Waals surface area contributed by atoms with Gasteiger partial charge in [-0.25, -0.2) is 4.79 Å². The number of cyclic esters (lactones) is 1. The van der Waals surface area contributed by atoms with Crippen LogP contribution in [0.2, 0.25) is 0 Å². The van der Waals surface area contributed by atoms with Gasteiger partial charge in [-0.3, -0.25) is 4.90 Å². The van der Waals surface area contributed by atoms with Crippen LogP contribution in [0.5, 0.6) is 5.75 Å². The zero-order chi connectivity index (χ0) is 12.3. The standard InChI is InChI=1S/C12H12N2O3/c1-2-16-10-5-3-9(4-6-10)14-8-11(7-13)17-12(14)15/h3-6,11H,2,8H2,1H3. The Kier molecular flexibility index (Phi) is 3.15. The Morgan fingerprint density at radius 2 is 2.24 bits per heavy atom. The summed E-state index contributed by atoms with van der Waals surface area (Å²) in [4.78, 5) is 12.9. The predicted molar refractivity (Wildman–Crippen MR) is 60.8 cm³/mol. The number of amides is 1. The third-order valence-electron chi connectivity index (χ3n) is 2.42. The second-order valence-corrected chi connectivity index (χ2v) is 3.54. The molecule has 1 amide bonds. The summed E-state index contributed by atoms with van der Waals surface area (Å²) in [6.45, 7) is 2.77. The third kappa shape index (κ3) is 2.31. The first kappa shape index (κ1) is 11.3. The molecule has 1 saturated heterocycles. The summed E-state index contributed by atoms with van der Waals surface area (Å²) in [5, 5.41) is 8.69. The fourth-order valence-corrected chi connectivity index (χ4v) is 1.63. The van der Waals surface area contributed by atoms with Gasteiger partial charge in [-0.05, 0) is 31.2 Å². The molecule has 5 heteroatoms.